The van der Waals surface area contributed by atoms with Gasteiger partial charge in [0.05, 0.1) is 9.82 Å². The monoisotopic (exact) mass is 436 g/mol. The molecule has 1 heterocycles. The van der Waals surface area contributed by atoms with Crippen LogP contribution in [0.4, 0.5) is 23.0 Å². The first-order valence-corrected chi connectivity index (χ1v) is 11.3. The molecule has 0 fully saturated rings. The van der Waals surface area contributed by atoms with Crippen molar-refractivity contribution in [2.75, 3.05) is 36.9 Å². The number of rotatable bonds is 11. The molecule has 1 aromatic heterocycles. The second-order valence-electron chi connectivity index (χ2n) is 6.67. The summed E-state index contributed by atoms with van der Waals surface area (Å²) in [6, 6.07) is 6.06. The van der Waals surface area contributed by atoms with Crippen molar-refractivity contribution in [3.05, 3.63) is 40.7 Å². The van der Waals surface area contributed by atoms with Crippen molar-refractivity contribution in [3.63, 3.8) is 0 Å². The van der Waals surface area contributed by atoms with Gasteiger partial charge in [0.2, 0.25) is 21.7 Å². The number of hydrogen-bond acceptors (Lipinski definition) is 8. The molecule has 0 saturated heterocycles. The van der Waals surface area contributed by atoms with Gasteiger partial charge in [0.1, 0.15) is 6.33 Å². The topological polar surface area (TPSA) is 122 Å². The van der Waals surface area contributed by atoms with E-state index in [1.165, 1.54) is 22.8 Å². The van der Waals surface area contributed by atoms with Gasteiger partial charge in [-0.3, -0.25) is 10.1 Å². The highest BCUT2D eigenvalue weighted by atomic mass is 32.2. The zero-order chi connectivity index (χ0) is 22.3. The Bertz CT molecular complexity index is 961. The van der Waals surface area contributed by atoms with Crippen LogP contribution in [-0.2, 0) is 10.0 Å². The van der Waals surface area contributed by atoms with E-state index in [0.29, 0.717) is 25.3 Å². The first-order valence-electron chi connectivity index (χ1n) is 9.83. The Morgan fingerprint density at radius 3 is 2.27 bits per heavy atom. The molecular formula is C19H28N6O4S. The lowest BCUT2D eigenvalue weighted by Gasteiger charge is -2.19. The van der Waals surface area contributed by atoms with Crippen LogP contribution in [0.25, 0.3) is 0 Å². The van der Waals surface area contributed by atoms with Crippen LogP contribution in [0.1, 0.15) is 33.6 Å². The summed E-state index contributed by atoms with van der Waals surface area (Å²) in [5.74, 6) is 0.277. The number of nitro groups is 1. The average molecular weight is 437 g/mol. The molecule has 0 atom stereocenters. The molecule has 0 spiro atoms. The van der Waals surface area contributed by atoms with Gasteiger partial charge in [-0.1, -0.05) is 27.2 Å². The molecule has 0 aliphatic rings. The zero-order valence-electron chi connectivity index (χ0n) is 17.7. The SMILES string of the molecule is CCCCN(C)c1ncnc(Nc2ccc(S(=O)(=O)N(CC)CC)cc2)c1[N+](=O)[O-]. The van der Waals surface area contributed by atoms with E-state index in [2.05, 4.69) is 15.3 Å². The average Bonchev–Trinajstić information content (AvgIpc) is 2.72. The maximum absolute atomic E-state index is 12.6. The minimum absolute atomic E-state index is 0.0488. The summed E-state index contributed by atoms with van der Waals surface area (Å²) >= 11 is 0. The minimum atomic E-state index is -3.57. The van der Waals surface area contributed by atoms with Crippen LogP contribution < -0.4 is 10.2 Å². The minimum Gasteiger partial charge on any atom is -0.354 e. The van der Waals surface area contributed by atoms with Gasteiger partial charge < -0.3 is 10.2 Å². The summed E-state index contributed by atoms with van der Waals surface area (Å²) < 4.78 is 26.6. The molecule has 30 heavy (non-hydrogen) atoms. The molecule has 0 radical (unpaired) electrons. The highest BCUT2D eigenvalue weighted by Gasteiger charge is 2.26. The van der Waals surface area contributed by atoms with Crippen LogP contribution in [0.3, 0.4) is 0 Å². The third-order valence-electron chi connectivity index (χ3n) is 4.65. The van der Waals surface area contributed by atoms with E-state index in [4.69, 9.17) is 0 Å². The highest BCUT2D eigenvalue weighted by molar-refractivity contribution is 7.89. The van der Waals surface area contributed by atoms with Crippen molar-refractivity contribution < 1.29 is 13.3 Å². The number of benzene rings is 1. The first kappa shape index (κ1) is 23.5. The van der Waals surface area contributed by atoms with Gasteiger partial charge in [-0.05, 0) is 30.7 Å². The van der Waals surface area contributed by atoms with Gasteiger partial charge in [-0.2, -0.15) is 4.31 Å². The Morgan fingerprint density at radius 1 is 1.10 bits per heavy atom. The number of aromatic nitrogens is 2. The van der Waals surface area contributed by atoms with E-state index in [9.17, 15) is 18.5 Å². The number of hydrogen-bond donors (Lipinski definition) is 1. The van der Waals surface area contributed by atoms with Crippen molar-refractivity contribution >= 4 is 33.0 Å². The predicted octanol–water partition coefficient (Wildman–Crippen LogP) is 3.40. The Labute approximate surface area is 177 Å². The fourth-order valence-electron chi connectivity index (χ4n) is 2.97. The van der Waals surface area contributed by atoms with Crippen molar-refractivity contribution in [1.82, 2.24) is 14.3 Å². The van der Waals surface area contributed by atoms with Crippen molar-refractivity contribution in [3.8, 4) is 0 Å². The lowest BCUT2D eigenvalue weighted by Crippen LogP contribution is -2.30. The largest absolute Gasteiger partial charge is 0.354 e. The molecule has 0 aliphatic carbocycles. The van der Waals surface area contributed by atoms with E-state index >= 15 is 0 Å². The maximum Gasteiger partial charge on any atom is 0.353 e. The number of nitrogens with zero attached hydrogens (tertiary/aromatic N) is 5. The molecule has 0 bridgehead atoms. The summed E-state index contributed by atoms with van der Waals surface area (Å²) in [4.78, 5) is 21.2. The lowest BCUT2D eigenvalue weighted by atomic mass is 10.3. The van der Waals surface area contributed by atoms with E-state index in [1.807, 2.05) is 6.92 Å². The highest BCUT2D eigenvalue weighted by Crippen LogP contribution is 2.33. The van der Waals surface area contributed by atoms with Gasteiger partial charge in [0.15, 0.2) is 0 Å². The second kappa shape index (κ2) is 10.3. The normalized spacial score (nSPS) is 11.5. The predicted molar refractivity (Wildman–Crippen MR) is 117 cm³/mol. The molecule has 2 aromatic rings. The number of nitrogens with one attached hydrogen (secondary N) is 1. The molecule has 0 saturated carbocycles. The van der Waals surface area contributed by atoms with Crippen LogP contribution in [0.5, 0.6) is 0 Å². The molecule has 164 valence electrons. The number of anilines is 3. The van der Waals surface area contributed by atoms with Gasteiger partial charge in [0.25, 0.3) is 0 Å². The maximum atomic E-state index is 12.6. The van der Waals surface area contributed by atoms with Crippen LogP contribution >= 0.6 is 0 Å². The Balaban J connectivity index is 2.33. The van der Waals surface area contributed by atoms with Crippen molar-refractivity contribution in [2.24, 2.45) is 0 Å². The van der Waals surface area contributed by atoms with Gasteiger partial charge in [0, 0.05) is 32.4 Å². The zero-order valence-corrected chi connectivity index (χ0v) is 18.5. The summed E-state index contributed by atoms with van der Waals surface area (Å²) in [6.07, 6.45) is 3.10. The first-order chi connectivity index (χ1) is 14.3. The molecule has 0 unspecified atom stereocenters. The van der Waals surface area contributed by atoms with E-state index < -0.39 is 14.9 Å². The fourth-order valence-corrected chi connectivity index (χ4v) is 4.43. The van der Waals surface area contributed by atoms with Crippen LogP contribution in [-0.4, -0.2) is 54.3 Å². The van der Waals surface area contributed by atoms with Crippen LogP contribution in [0.2, 0.25) is 0 Å². The molecule has 11 heteroatoms. The smallest absolute Gasteiger partial charge is 0.353 e. The lowest BCUT2D eigenvalue weighted by molar-refractivity contribution is -0.383. The third kappa shape index (κ3) is 5.22. The summed E-state index contributed by atoms with van der Waals surface area (Å²) in [5.41, 5.74) is 0.258. The number of unbranched alkanes of at least 4 members (excludes halogenated alkanes) is 1. The fraction of sp³-hybridized carbons (Fsp3) is 0.474. The van der Waals surface area contributed by atoms with E-state index in [-0.39, 0.29) is 22.2 Å². The quantitative estimate of drug-likeness (QED) is 0.420. The van der Waals surface area contributed by atoms with E-state index in [0.717, 1.165) is 12.8 Å². The summed E-state index contributed by atoms with van der Waals surface area (Å²) in [5, 5.41) is 14.6. The van der Waals surface area contributed by atoms with Crippen molar-refractivity contribution in [1.29, 1.82) is 0 Å². The molecule has 1 aromatic carbocycles. The Morgan fingerprint density at radius 2 is 1.73 bits per heavy atom. The van der Waals surface area contributed by atoms with E-state index in [1.54, 1.807) is 37.9 Å². The molecule has 2 rings (SSSR count). The molecule has 0 amide bonds. The van der Waals surface area contributed by atoms with Gasteiger partial charge in [-0.25, -0.2) is 18.4 Å². The number of sulfonamides is 1. The summed E-state index contributed by atoms with van der Waals surface area (Å²) in [7, 11) is -1.82. The molecule has 10 nitrogen and oxygen atoms in total. The van der Waals surface area contributed by atoms with Crippen LogP contribution in [0.15, 0.2) is 35.5 Å². The second-order valence-corrected chi connectivity index (χ2v) is 8.60. The van der Waals surface area contributed by atoms with Gasteiger partial charge >= 0.3 is 5.69 Å². The van der Waals surface area contributed by atoms with Gasteiger partial charge in [-0.15, -0.1) is 0 Å². The Hall–Kier alpha value is -2.79. The van der Waals surface area contributed by atoms with Crippen LogP contribution in [0, 0.1) is 10.1 Å². The summed E-state index contributed by atoms with van der Waals surface area (Å²) in [6.45, 7) is 6.98. The third-order valence-corrected chi connectivity index (χ3v) is 6.72. The Kier molecular flexibility index (Phi) is 8.07. The standard InChI is InChI=1S/C19H28N6O4S/c1-5-8-13-23(4)19-17(25(26)27)18(20-14-21-19)22-15-9-11-16(12-10-15)30(28,29)24(6-2)7-3/h9-12,14H,5-8,13H2,1-4H3,(H,20,21,22). The molecule has 0 aliphatic heterocycles. The molecule has 1 N–H and O–H groups in total. The molecular weight excluding hydrogens is 408 g/mol. The van der Waals surface area contributed by atoms with Crippen molar-refractivity contribution in [2.45, 2.75) is 38.5 Å².